The van der Waals surface area contributed by atoms with Gasteiger partial charge < -0.3 is 0 Å². The summed E-state index contributed by atoms with van der Waals surface area (Å²) in [6.07, 6.45) is 4.84. The summed E-state index contributed by atoms with van der Waals surface area (Å²) in [7, 11) is 0. The Morgan fingerprint density at radius 1 is 1.32 bits per heavy atom. The van der Waals surface area contributed by atoms with E-state index < -0.39 is 0 Å². The number of nitrogens with zero attached hydrogens (tertiary/aromatic N) is 1. The quantitative estimate of drug-likeness (QED) is 0.769. The third-order valence-electron chi connectivity index (χ3n) is 3.77. The summed E-state index contributed by atoms with van der Waals surface area (Å²) in [4.78, 5) is 14.6. The molecule has 0 spiro atoms. The van der Waals surface area contributed by atoms with Crippen molar-refractivity contribution in [2.24, 2.45) is 0 Å². The fraction of sp³-hybridized carbons (Fsp3) is 0.533. The van der Waals surface area contributed by atoms with Crippen LogP contribution in [0.15, 0.2) is 18.2 Å². The fourth-order valence-corrected chi connectivity index (χ4v) is 2.95. The Hall–Kier alpha value is -0.570. The van der Waals surface area contributed by atoms with Gasteiger partial charge in [0.2, 0.25) is 0 Å². The zero-order valence-corrected chi connectivity index (χ0v) is 12.7. The van der Waals surface area contributed by atoms with E-state index in [0.717, 1.165) is 13.0 Å². The molecule has 1 saturated heterocycles. The number of hydrogen-bond donors (Lipinski definition) is 0. The Morgan fingerprint density at radius 3 is 2.89 bits per heavy atom. The summed E-state index contributed by atoms with van der Waals surface area (Å²) < 4.78 is 0. The van der Waals surface area contributed by atoms with Gasteiger partial charge in [-0.1, -0.05) is 36.0 Å². The summed E-state index contributed by atoms with van der Waals surface area (Å²) >= 11 is 12.0. The average molecular weight is 300 g/mol. The normalized spacial score (nSPS) is 21.1. The topological polar surface area (TPSA) is 20.3 Å². The molecule has 1 aromatic rings. The van der Waals surface area contributed by atoms with E-state index in [2.05, 4.69) is 11.8 Å². The van der Waals surface area contributed by atoms with Crippen LogP contribution in [0.1, 0.15) is 43.0 Å². The highest BCUT2D eigenvalue weighted by Gasteiger charge is 2.21. The Labute approximate surface area is 124 Å². The zero-order chi connectivity index (χ0) is 13.8. The Bertz CT molecular complexity index is 461. The minimum atomic E-state index is 0.0567. The van der Waals surface area contributed by atoms with E-state index >= 15 is 0 Å². The van der Waals surface area contributed by atoms with E-state index in [9.17, 15) is 4.79 Å². The number of Topliss-reactive ketones (excluding diaryl/α,β-unsaturated/α-hetero) is 1. The standard InChI is InChI=1S/C15H19Cl2NO/c1-11-5-3-2-4-8-18(11)10-15(19)13-9-12(16)6-7-14(13)17/h6-7,9,11H,2-5,8,10H2,1H3. The van der Waals surface area contributed by atoms with Crippen LogP contribution in [0.5, 0.6) is 0 Å². The lowest BCUT2D eigenvalue weighted by Crippen LogP contribution is -2.37. The number of benzene rings is 1. The van der Waals surface area contributed by atoms with Crippen molar-refractivity contribution in [3.63, 3.8) is 0 Å². The summed E-state index contributed by atoms with van der Waals surface area (Å²) in [5.74, 6) is 0.0567. The van der Waals surface area contributed by atoms with Crippen LogP contribution >= 0.6 is 23.2 Å². The highest BCUT2D eigenvalue weighted by Crippen LogP contribution is 2.23. The van der Waals surface area contributed by atoms with Gasteiger partial charge in [0.05, 0.1) is 11.6 Å². The minimum Gasteiger partial charge on any atom is -0.293 e. The van der Waals surface area contributed by atoms with Crippen molar-refractivity contribution in [3.05, 3.63) is 33.8 Å². The summed E-state index contributed by atoms with van der Waals surface area (Å²) in [6, 6.07) is 5.51. The number of halogens is 2. The first-order valence-electron chi connectivity index (χ1n) is 6.80. The van der Waals surface area contributed by atoms with Crippen LogP contribution in [0.25, 0.3) is 0 Å². The van der Waals surface area contributed by atoms with Gasteiger partial charge in [-0.2, -0.15) is 0 Å². The lowest BCUT2D eigenvalue weighted by molar-refractivity contribution is 0.0902. The largest absolute Gasteiger partial charge is 0.293 e. The highest BCUT2D eigenvalue weighted by molar-refractivity contribution is 6.36. The van der Waals surface area contributed by atoms with Gasteiger partial charge in [-0.3, -0.25) is 9.69 Å². The number of carbonyl (C=O) groups excluding carboxylic acids is 1. The zero-order valence-electron chi connectivity index (χ0n) is 11.2. The molecule has 0 bridgehead atoms. The van der Waals surface area contributed by atoms with Crippen molar-refractivity contribution >= 4 is 29.0 Å². The number of carbonyl (C=O) groups is 1. The second kappa shape index (κ2) is 6.74. The Balaban J connectivity index is 2.09. The molecule has 4 heteroatoms. The lowest BCUT2D eigenvalue weighted by atomic mass is 10.1. The van der Waals surface area contributed by atoms with Crippen molar-refractivity contribution in [3.8, 4) is 0 Å². The number of likely N-dealkylation sites (tertiary alicyclic amines) is 1. The van der Waals surface area contributed by atoms with Gasteiger partial charge in [-0.05, 0) is 44.5 Å². The van der Waals surface area contributed by atoms with Crippen LogP contribution in [0.2, 0.25) is 10.0 Å². The molecule has 1 atom stereocenters. The molecule has 0 N–H and O–H groups in total. The third kappa shape index (κ3) is 3.95. The number of hydrogen-bond acceptors (Lipinski definition) is 2. The molecule has 0 aliphatic carbocycles. The molecule has 1 aliphatic heterocycles. The first-order chi connectivity index (χ1) is 9.08. The molecule has 2 rings (SSSR count). The molecular weight excluding hydrogens is 281 g/mol. The second-order valence-electron chi connectivity index (χ2n) is 5.22. The predicted molar refractivity (Wildman–Crippen MR) is 80.3 cm³/mol. The first-order valence-corrected chi connectivity index (χ1v) is 7.56. The Morgan fingerprint density at radius 2 is 2.11 bits per heavy atom. The van der Waals surface area contributed by atoms with Gasteiger partial charge >= 0.3 is 0 Å². The summed E-state index contributed by atoms with van der Waals surface area (Å²) in [5.41, 5.74) is 0.533. The van der Waals surface area contributed by atoms with Crippen LogP contribution in [0, 0.1) is 0 Å². The van der Waals surface area contributed by atoms with Gasteiger partial charge in [0.1, 0.15) is 0 Å². The van der Waals surface area contributed by atoms with E-state index in [1.807, 2.05) is 0 Å². The van der Waals surface area contributed by atoms with Crippen LogP contribution in [0.4, 0.5) is 0 Å². The number of ketones is 1. The average Bonchev–Trinajstić information content (AvgIpc) is 2.58. The van der Waals surface area contributed by atoms with Gasteiger partial charge in [0.25, 0.3) is 0 Å². The van der Waals surface area contributed by atoms with Crippen LogP contribution < -0.4 is 0 Å². The number of rotatable bonds is 3. The van der Waals surface area contributed by atoms with Crippen molar-refractivity contribution < 1.29 is 4.79 Å². The fourth-order valence-electron chi connectivity index (χ4n) is 2.55. The van der Waals surface area contributed by atoms with E-state index in [-0.39, 0.29) is 5.78 Å². The molecule has 0 saturated carbocycles. The second-order valence-corrected chi connectivity index (χ2v) is 6.06. The maximum atomic E-state index is 12.4. The van der Waals surface area contributed by atoms with E-state index in [1.165, 1.54) is 19.3 Å². The van der Waals surface area contributed by atoms with Crippen molar-refractivity contribution in [1.82, 2.24) is 4.90 Å². The molecule has 104 valence electrons. The molecule has 1 heterocycles. The Kier molecular flexibility index (Phi) is 5.26. The molecule has 1 unspecified atom stereocenters. The predicted octanol–water partition coefficient (Wildman–Crippen LogP) is 4.44. The highest BCUT2D eigenvalue weighted by atomic mass is 35.5. The smallest absolute Gasteiger partial charge is 0.178 e. The van der Waals surface area contributed by atoms with Gasteiger partial charge in [0.15, 0.2) is 5.78 Å². The van der Waals surface area contributed by atoms with Crippen LogP contribution in [-0.2, 0) is 0 Å². The molecule has 19 heavy (non-hydrogen) atoms. The van der Waals surface area contributed by atoms with Crippen LogP contribution in [-0.4, -0.2) is 29.8 Å². The van der Waals surface area contributed by atoms with E-state index in [4.69, 9.17) is 23.2 Å². The minimum absolute atomic E-state index is 0.0567. The molecule has 1 aliphatic rings. The summed E-state index contributed by atoms with van der Waals surface area (Å²) in [5, 5.41) is 1.04. The molecule has 1 aromatic carbocycles. The first kappa shape index (κ1) is 14.8. The molecule has 0 radical (unpaired) electrons. The molecular formula is C15H19Cl2NO. The van der Waals surface area contributed by atoms with Gasteiger partial charge in [-0.25, -0.2) is 0 Å². The molecule has 2 nitrogen and oxygen atoms in total. The monoisotopic (exact) mass is 299 g/mol. The SMILES string of the molecule is CC1CCCCCN1CC(=O)c1cc(Cl)ccc1Cl. The molecule has 0 amide bonds. The maximum absolute atomic E-state index is 12.4. The van der Waals surface area contributed by atoms with Crippen LogP contribution in [0.3, 0.4) is 0 Å². The van der Waals surface area contributed by atoms with Crippen molar-refractivity contribution in [2.75, 3.05) is 13.1 Å². The van der Waals surface area contributed by atoms with Crippen molar-refractivity contribution in [2.45, 2.75) is 38.6 Å². The molecule has 0 aromatic heterocycles. The van der Waals surface area contributed by atoms with E-state index in [0.29, 0.717) is 28.2 Å². The van der Waals surface area contributed by atoms with Gasteiger partial charge in [-0.15, -0.1) is 0 Å². The van der Waals surface area contributed by atoms with E-state index in [1.54, 1.807) is 18.2 Å². The molecule has 1 fully saturated rings. The maximum Gasteiger partial charge on any atom is 0.178 e. The third-order valence-corrected chi connectivity index (χ3v) is 4.33. The lowest BCUT2D eigenvalue weighted by Gasteiger charge is -2.26. The van der Waals surface area contributed by atoms with Gasteiger partial charge in [0, 0.05) is 16.6 Å². The van der Waals surface area contributed by atoms with Crippen molar-refractivity contribution in [1.29, 1.82) is 0 Å². The summed E-state index contributed by atoms with van der Waals surface area (Å²) in [6.45, 7) is 3.62.